The predicted octanol–water partition coefficient (Wildman–Crippen LogP) is 23.2. The summed E-state index contributed by atoms with van der Waals surface area (Å²) >= 11 is 0. The van der Waals surface area contributed by atoms with Gasteiger partial charge >= 0.3 is 39.5 Å². The molecule has 0 aromatic heterocycles. The highest BCUT2D eigenvalue weighted by Gasteiger charge is 2.30. The van der Waals surface area contributed by atoms with E-state index in [4.69, 9.17) is 37.0 Å². The van der Waals surface area contributed by atoms with Crippen molar-refractivity contribution in [3.63, 3.8) is 0 Å². The zero-order valence-electron chi connectivity index (χ0n) is 63.6. The van der Waals surface area contributed by atoms with E-state index in [9.17, 15) is 43.2 Å². The molecule has 0 heterocycles. The lowest BCUT2D eigenvalue weighted by Crippen LogP contribution is -2.30. The van der Waals surface area contributed by atoms with E-state index in [2.05, 4.69) is 88.5 Å². The zero-order chi connectivity index (χ0) is 73.2. The van der Waals surface area contributed by atoms with Crippen LogP contribution in [-0.4, -0.2) is 96.7 Å². The SMILES string of the molecule is CCCCC/C=C\C/C=C\C/C=C\C/C=C\CCCC(=O)OC[C@H](COP(=O)(O)OC[C@H](O)COP(=O)(O)OC[C@@H](COC(=O)CCCCCCC/C=C\CCCCCCCC)OC(=O)CCCCCCC/C=C\CCCCCCCC)OC(=O)CCCCCCCCCCCCCCC. The number of hydrogen-bond donors (Lipinski definition) is 3. The number of aliphatic hydroxyl groups excluding tert-OH is 1. The average Bonchev–Trinajstić information content (AvgIpc) is 0.965. The summed E-state index contributed by atoms with van der Waals surface area (Å²) in [6.07, 6.45) is 74.5. The van der Waals surface area contributed by atoms with Gasteiger partial charge in [0.25, 0.3) is 0 Å². The molecule has 100 heavy (non-hydrogen) atoms. The normalized spacial score (nSPS) is 14.3. The van der Waals surface area contributed by atoms with Gasteiger partial charge < -0.3 is 33.8 Å². The molecule has 0 saturated heterocycles. The van der Waals surface area contributed by atoms with Crippen molar-refractivity contribution in [2.45, 2.75) is 380 Å². The zero-order valence-corrected chi connectivity index (χ0v) is 65.4. The first-order chi connectivity index (χ1) is 48.7. The van der Waals surface area contributed by atoms with Crippen molar-refractivity contribution in [1.29, 1.82) is 0 Å². The minimum Gasteiger partial charge on any atom is -0.462 e. The summed E-state index contributed by atoms with van der Waals surface area (Å²) in [5.41, 5.74) is 0. The molecule has 0 radical (unpaired) electrons. The smallest absolute Gasteiger partial charge is 0.462 e. The second-order valence-electron chi connectivity index (χ2n) is 27.0. The Bertz CT molecular complexity index is 2180. The molecule has 0 amide bonds. The lowest BCUT2D eigenvalue weighted by molar-refractivity contribution is -0.161. The van der Waals surface area contributed by atoms with Crippen molar-refractivity contribution in [3.8, 4) is 0 Å². The van der Waals surface area contributed by atoms with Crippen molar-refractivity contribution >= 4 is 39.5 Å². The molecule has 0 aliphatic rings. The van der Waals surface area contributed by atoms with Gasteiger partial charge in [-0.1, -0.05) is 293 Å². The summed E-state index contributed by atoms with van der Waals surface area (Å²) in [6.45, 7) is 4.82. The topological polar surface area (TPSA) is 237 Å². The van der Waals surface area contributed by atoms with Gasteiger partial charge in [-0.15, -0.1) is 0 Å². The van der Waals surface area contributed by atoms with Crippen LogP contribution in [0.2, 0.25) is 0 Å². The number of allylic oxidation sites excluding steroid dienone is 12. The number of carbonyl (C=O) groups is 4. The van der Waals surface area contributed by atoms with Crippen LogP contribution in [0.3, 0.4) is 0 Å². The molecule has 582 valence electrons. The van der Waals surface area contributed by atoms with Crippen LogP contribution in [0.5, 0.6) is 0 Å². The molecule has 2 unspecified atom stereocenters. The van der Waals surface area contributed by atoms with E-state index in [-0.39, 0.29) is 25.7 Å². The minimum absolute atomic E-state index is 0.0858. The van der Waals surface area contributed by atoms with Crippen LogP contribution in [-0.2, 0) is 65.4 Å². The van der Waals surface area contributed by atoms with Crippen LogP contribution in [0.4, 0.5) is 0 Å². The summed E-state index contributed by atoms with van der Waals surface area (Å²) < 4.78 is 68.5. The van der Waals surface area contributed by atoms with E-state index in [0.717, 1.165) is 128 Å². The van der Waals surface area contributed by atoms with Crippen molar-refractivity contribution in [1.82, 2.24) is 0 Å². The van der Waals surface area contributed by atoms with E-state index >= 15 is 0 Å². The fraction of sp³-hybridized carbons (Fsp3) is 0.802. The number of ether oxygens (including phenoxy) is 4. The first kappa shape index (κ1) is 96.5. The van der Waals surface area contributed by atoms with Crippen LogP contribution < -0.4 is 0 Å². The highest BCUT2D eigenvalue weighted by molar-refractivity contribution is 7.47. The molecule has 0 aromatic rings. The molecule has 0 aliphatic heterocycles. The molecule has 0 rings (SSSR count). The second-order valence-corrected chi connectivity index (χ2v) is 29.9. The number of phosphoric acid groups is 2. The summed E-state index contributed by atoms with van der Waals surface area (Å²) in [6, 6.07) is 0. The van der Waals surface area contributed by atoms with Gasteiger partial charge in [0.15, 0.2) is 12.2 Å². The molecule has 0 bridgehead atoms. The van der Waals surface area contributed by atoms with Gasteiger partial charge in [0.1, 0.15) is 19.3 Å². The Morgan fingerprint density at radius 3 is 0.820 bits per heavy atom. The lowest BCUT2D eigenvalue weighted by atomic mass is 10.0. The van der Waals surface area contributed by atoms with Gasteiger partial charge in [-0.05, 0) is 116 Å². The van der Waals surface area contributed by atoms with Gasteiger partial charge in [0.05, 0.1) is 26.4 Å². The summed E-state index contributed by atoms with van der Waals surface area (Å²) in [4.78, 5) is 72.9. The van der Waals surface area contributed by atoms with Crippen molar-refractivity contribution in [2.75, 3.05) is 39.6 Å². The fourth-order valence-electron chi connectivity index (χ4n) is 11.0. The Kier molecular flexibility index (Phi) is 71.2. The molecule has 0 saturated carbocycles. The van der Waals surface area contributed by atoms with Crippen LogP contribution in [0, 0.1) is 0 Å². The quantitative estimate of drug-likeness (QED) is 0.0169. The molecule has 17 nitrogen and oxygen atoms in total. The van der Waals surface area contributed by atoms with Crippen molar-refractivity contribution in [3.05, 3.63) is 72.9 Å². The number of esters is 4. The minimum atomic E-state index is -4.98. The van der Waals surface area contributed by atoms with Crippen molar-refractivity contribution in [2.24, 2.45) is 0 Å². The number of carbonyl (C=O) groups excluding carboxylic acids is 4. The Balaban J connectivity index is 5.38. The summed E-state index contributed by atoms with van der Waals surface area (Å²) in [5.74, 6) is -2.23. The van der Waals surface area contributed by atoms with Gasteiger partial charge in [0.2, 0.25) is 0 Å². The number of phosphoric ester groups is 2. The number of aliphatic hydroxyl groups is 1. The first-order valence-corrected chi connectivity index (χ1v) is 43.2. The molecular weight excluding hydrogens is 1310 g/mol. The third kappa shape index (κ3) is 72.8. The van der Waals surface area contributed by atoms with E-state index in [1.54, 1.807) is 0 Å². The van der Waals surface area contributed by atoms with E-state index in [1.165, 1.54) is 148 Å². The molecule has 3 N–H and O–H groups in total. The number of hydrogen-bond acceptors (Lipinski definition) is 15. The number of unbranched alkanes of at least 4 members (excludes halogenated alkanes) is 38. The first-order valence-electron chi connectivity index (χ1n) is 40.2. The predicted molar refractivity (Wildman–Crippen MR) is 409 cm³/mol. The Morgan fingerprint density at radius 2 is 0.500 bits per heavy atom. The molecular formula is C81H146O17P2. The summed E-state index contributed by atoms with van der Waals surface area (Å²) in [5, 5.41) is 10.6. The Labute approximate surface area is 609 Å². The van der Waals surface area contributed by atoms with Crippen LogP contribution in [0.15, 0.2) is 72.9 Å². The fourth-order valence-corrected chi connectivity index (χ4v) is 12.5. The van der Waals surface area contributed by atoms with E-state index in [0.29, 0.717) is 32.1 Å². The van der Waals surface area contributed by atoms with Crippen molar-refractivity contribution < 1.29 is 80.2 Å². The largest absolute Gasteiger partial charge is 0.472 e. The standard InChI is InChI=1S/C81H146O17P2/c1-5-9-13-17-21-25-29-33-36-37-40-43-46-50-54-58-62-66-79(84)92-71-76(97-80(85)67-63-59-55-51-47-41-32-28-24-20-16-12-8-4)73-95-99(87,88)93-69-75(82)70-94-100(89,90)96-74-77(98-81(86)68-64-60-56-52-48-44-39-35-31-27-23-19-15-11-7-3)72-91-78(83)65-61-57-53-49-45-42-38-34-30-26-22-18-14-10-6-2/h21,25,33-36,38-40,43,50,54,75-77,82H,5-20,22-24,26-32,37,41-42,44-49,51-53,55-74H2,1-4H3,(H,87,88)(H,89,90)/b25-21-,36-33-,38-34-,39-35-,43-40-,54-50-/t75-,76+,77+/m0/s1. The average molecular weight is 1450 g/mol. The van der Waals surface area contributed by atoms with Crippen LogP contribution in [0.1, 0.15) is 362 Å². The Morgan fingerprint density at radius 1 is 0.280 bits per heavy atom. The van der Waals surface area contributed by atoms with Crippen LogP contribution in [0.25, 0.3) is 0 Å². The van der Waals surface area contributed by atoms with Gasteiger partial charge in [-0.3, -0.25) is 37.3 Å². The monoisotopic (exact) mass is 1450 g/mol. The third-order valence-electron chi connectivity index (χ3n) is 17.1. The van der Waals surface area contributed by atoms with Crippen LogP contribution >= 0.6 is 15.6 Å². The van der Waals surface area contributed by atoms with Gasteiger partial charge in [-0.25, -0.2) is 9.13 Å². The number of rotatable bonds is 76. The lowest BCUT2D eigenvalue weighted by Gasteiger charge is -2.21. The molecule has 0 fully saturated rings. The van der Waals surface area contributed by atoms with E-state index < -0.39 is 97.5 Å². The molecule has 0 spiro atoms. The van der Waals surface area contributed by atoms with Gasteiger partial charge in [0, 0.05) is 25.7 Å². The van der Waals surface area contributed by atoms with E-state index in [1.807, 2.05) is 12.2 Å². The molecule has 5 atom stereocenters. The highest BCUT2D eigenvalue weighted by atomic mass is 31.2. The maximum Gasteiger partial charge on any atom is 0.472 e. The Hall–Kier alpha value is -3.50. The third-order valence-corrected chi connectivity index (χ3v) is 19.0. The molecule has 0 aliphatic carbocycles. The maximum atomic E-state index is 13.1. The maximum absolute atomic E-state index is 13.1. The highest BCUT2D eigenvalue weighted by Crippen LogP contribution is 2.45. The van der Waals surface area contributed by atoms with Gasteiger partial charge in [-0.2, -0.15) is 0 Å². The molecule has 19 heteroatoms. The second kappa shape index (κ2) is 73.8. The molecule has 0 aromatic carbocycles. The summed E-state index contributed by atoms with van der Waals surface area (Å²) in [7, 11) is -9.96.